The Labute approximate surface area is 213 Å². The maximum atomic E-state index is 13.7. The SMILES string of the molecule is CC(Sc1ccc(NC(=O)Cc2ccccc2)cc1)C(=O)N1c2ccccc2Sc2ccccc21. The number of para-hydroxylation sites is 2. The smallest absolute Gasteiger partial charge is 0.244 e. The minimum Gasteiger partial charge on any atom is -0.326 e. The first-order chi connectivity index (χ1) is 17.1. The van der Waals surface area contributed by atoms with E-state index in [-0.39, 0.29) is 17.1 Å². The number of rotatable bonds is 6. The maximum absolute atomic E-state index is 13.7. The third-order valence-corrected chi connectivity index (χ3v) is 7.89. The predicted molar refractivity (Wildman–Crippen MR) is 145 cm³/mol. The van der Waals surface area contributed by atoms with Crippen LogP contribution in [0.5, 0.6) is 0 Å². The van der Waals surface area contributed by atoms with E-state index < -0.39 is 0 Å². The molecule has 0 bridgehead atoms. The molecule has 0 aromatic heterocycles. The highest BCUT2D eigenvalue weighted by molar-refractivity contribution is 8.00. The van der Waals surface area contributed by atoms with Crippen molar-refractivity contribution < 1.29 is 9.59 Å². The van der Waals surface area contributed by atoms with E-state index in [9.17, 15) is 9.59 Å². The molecule has 1 N–H and O–H groups in total. The Morgan fingerprint density at radius 3 is 2.00 bits per heavy atom. The first-order valence-corrected chi connectivity index (χ1v) is 13.1. The lowest BCUT2D eigenvalue weighted by atomic mass is 10.1. The number of fused-ring (bicyclic) bond motifs is 2. The molecule has 35 heavy (non-hydrogen) atoms. The molecule has 0 spiro atoms. The lowest BCUT2D eigenvalue weighted by Crippen LogP contribution is -2.34. The van der Waals surface area contributed by atoms with Gasteiger partial charge in [0, 0.05) is 20.4 Å². The molecule has 1 unspecified atom stereocenters. The van der Waals surface area contributed by atoms with Gasteiger partial charge in [0.2, 0.25) is 11.8 Å². The van der Waals surface area contributed by atoms with Crippen LogP contribution in [0.4, 0.5) is 17.1 Å². The van der Waals surface area contributed by atoms with Crippen LogP contribution in [0.25, 0.3) is 0 Å². The minimum absolute atomic E-state index is 0.0374. The van der Waals surface area contributed by atoms with Crippen molar-refractivity contribution in [2.75, 3.05) is 10.2 Å². The van der Waals surface area contributed by atoms with Crippen LogP contribution in [-0.4, -0.2) is 17.1 Å². The van der Waals surface area contributed by atoms with Crippen molar-refractivity contribution in [1.29, 1.82) is 0 Å². The van der Waals surface area contributed by atoms with Crippen LogP contribution in [0.2, 0.25) is 0 Å². The van der Waals surface area contributed by atoms with Crippen molar-refractivity contribution in [1.82, 2.24) is 0 Å². The van der Waals surface area contributed by atoms with E-state index in [4.69, 9.17) is 0 Å². The van der Waals surface area contributed by atoms with Gasteiger partial charge in [0.05, 0.1) is 23.0 Å². The van der Waals surface area contributed by atoms with Crippen LogP contribution < -0.4 is 10.2 Å². The van der Waals surface area contributed by atoms with Crippen LogP contribution >= 0.6 is 23.5 Å². The second kappa shape index (κ2) is 10.4. The fourth-order valence-corrected chi connectivity index (χ4v) is 5.95. The molecule has 4 nitrogen and oxygen atoms in total. The Morgan fingerprint density at radius 2 is 1.37 bits per heavy atom. The van der Waals surface area contributed by atoms with Gasteiger partial charge in [-0.05, 0) is 61.0 Å². The monoisotopic (exact) mass is 496 g/mol. The molecular weight excluding hydrogens is 472 g/mol. The normalized spacial score (nSPS) is 12.9. The number of carbonyl (C=O) groups excluding carboxylic acids is 2. The average molecular weight is 497 g/mol. The first kappa shape index (κ1) is 23.3. The van der Waals surface area contributed by atoms with E-state index in [2.05, 4.69) is 17.4 Å². The number of hydrogen-bond acceptors (Lipinski definition) is 4. The summed E-state index contributed by atoms with van der Waals surface area (Å²) in [5.41, 5.74) is 3.56. The van der Waals surface area contributed by atoms with Crippen molar-refractivity contribution in [2.24, 2.45) is 0 Å². The topological polar surface area (TPSA) is 49.4 Å². The van der Waals surface area contributed by atoms with E-state index in [1.807, 2.05) is 103 Å². The highest BCUT2D eigenvalue weighted by atomic mass is 32.2. The number of thioether (sulfide) groups is 1. The lowest BCUT2D eigenvalue weighted by molar-refractivity contribution is -0.117. The van der Waals surface area contributed by atoms with E-state index in [1.54, 1.807) is 11.8 Å². The molecule has 6 heteroatoms. The molecule has 0 saturated heterocycles. The molecule has 1 atom stereocenters. The van der Waals surface area contributed by atoms with Crippen molar-refractivity contribution in [3.05, 3.63) is 109 Å². The van der Waals surface area contributed by atoms with E-state index in [1.165, 1.54) is 11.8 Å². The van der Waals surface area contributed by atoms with Gasteiger partial charge in [0.15, 0.2) is 0 Å². The molecule has 5 rings (SSSR count). The summed E-state index contributed by atoms with van der Waals surface area (Å²) in [6.45, 7) is 1.94. The number of amides is 2. The molecular formula is C29H24N2O2S2. The van der Waals surface area contributed by atoms with Crippen LogP contribution in [0.15, 0.2) is 118 Å². The molecule has 0 fully saturated rings. The second-order valence-electron chi connectivity index (χ2n) is 8.21. The Morgan fingerprint density at radius 1 is 0.800 bits per heavy atom. The van der Waals surface area contributed by atoms with Gasteiger partial charge in [-0.25, -0.2) is 0 Å². The van der Waals surface area contributed by atoms with Gasteiger partial charge in [-0.3, -0.25) is 14.5 Å². The molecule has 2 amide bonds. The van der Waals surface area contributed by atoms with Crippen molar-refractivity contribution in [3.8, 4) is 0 Å². The minimum atomic E-state index is -0.294. The number of nitrogens with zero attached hydrogens (tertiary/aromatic N) is 1. The van der Waals surface area contributed by atoms with E-state index in [0.717, 1.165) is 37.3 Å². The summed E-state index contributed by atoms with van der Waals surface area (Å²) in [4.78, 5) is 31.0. The number of nitrogens with one attached hydrogen (secondary N) is 1. The molecule has 1 aliphatic heterocycles. The van der Waals surface area contributed by atoms with Crippen molar-refractivity contribution in [2.45, 2.75) is 33.3 Å². The molecule has 174 valence electrons. The van der Waals surface area contributed by atoms with Crippen LogP contribution in [0, 0.1) is 0 Å². The molecule has 4 aromatic carbocycles. The van der Waals surface area contributed by atoms with Gasteiger partial charge in [0.1, 0.15) is 0 Å². The standard InChI is InChI=1S/C29H24N2O2S2/c1-20(29(33)31-24-11-5-7-13-26(24)35-27-14-8-6-12-25(27)31)34-23-17-15-22(16-18-23)30-28(32)19-21-9-3-2-4-10-21/h2-18,20H,19H2,1H3,(H,30,32). The largest absolute Gasteiger partial charge is 0.326 e. The Hall–Kier alpha value is -3.48. The molecule has 4 aromatic rings. The van der Waals surface area contributed by atoms with Crippen LogP contribution in [-0.2, 0) is 16.0 Å². The zero-order valence-electron chi connectivity index (χ0n) is 19.2. The van der Waals surface area contributed by atoms with Crippen LogP contribution in [0.3, 0.4) is 0 Å². The Bertz CT molecular complexity index is 1310. The third kappa shape index (κ3) is 5.29. The maximum Gasteiger partial charge on any atom is 0.244 e. The summed E-state index contributed by atoms with van der Waals surface area (Å²) >= 11 is 3.21. The highest BCUT2D eigenvalue weighted by Crippen LogP contribution is 2.48. The zero-order chi connectivity index (χ0) is 24.2. The predicted octanol–water partition coefficient (Wildman–Crippen LogP) is 7.18. The lowest BCUT2D eigenvalue weighted by Gasteiger charge is -2.32. The Kier molecular flexibility index (Phi) is 6.93. The fourth-order valence-electron chi connectivity index (χ4n) is 3.98. The molecule has 1 aliphatic rings. The summed E-state index contributed by atoms with van der Waals surface area (Å²) in [5.74, 6) is -0.0177. The van der Waals surface area contributed by atoms with Gasteiger partial charge in [-0.1, -0.05) is 66.4 Å². The average Bonchev–Trinajstić information content (AvgIpc) is 2.88. The van der Waals surface area contributed by atoms with Crippen LogP contribution in [0.1, 0.15) is 12.5 Å². The molecule has 1 heterocycles. The van der Waals surface area contributed by atoms with Gasteiger partial charge in [-0.2, -0.15) is 0 Å². The van der Waals surface area contributed by atoms with Gasteiger partial charge < -0.3 is 5.32 Å². The van der Waals surface area contributed by atoms with Gasteiger partial charge in [0.25, 0.3) is 0 Å². The fraction of sp³-hybridized carbons (Fsp3) is 0.103. The van der Waals surface area contributed by atoms with E-state index >= 15 is 0 Å². The first-order valence-electron chi connectivity index (χ1n) is 11.4. The van der Waals surface area contributed by atoms with Gasteiger partial charge in [-0.15, -0.1) is 11.8 Å². The highest BCUT2D eigenvalue weighted by Gasteiger charge is 2.31. The Balaban J connectivity index is 1.27. The van der Waals surface area contributed by atoms with Crippen molar-refractivity contribution in [3.63, 3.8) is 0 Å². The number of carbonyl (C=O) groups is 2. The molecule has 0 aliphatic carbocycles. The number of hydrogen-bond donors (Lipinski definition) is 1. The summed E-state index contributed by atoms with van der Waals surface area (Å²) in [6.07, 6.45) is 0.333. The summed E-state index contributed by atoms with van der Waals surface area (Å²) < 4.78 is 0. The summed E-state index contributed by atoms with van der Waals surface area (Å²) in [5, 5.41) is 2.65. The second-order valence-corrected chi connectivity index (χ2v) is 10.7. The third-order valence-electron chi connectivity index (χ3n) is 5.66. The van der Waals surface area contributed by atoms with E-state index in [0.29, 0.717) is 6.42 Å². The summed E-state index contributed by atoms with van der Waals surface area (Å²) in [6, 6.07) is 33.4. The quantitative estimate of drug-likeness (QED) is 0.287. The molecule has 0 saturated carbocycles. The zero-order valence-corrected chi connectivity index (χ0v) is 20.8. The van der Waals surface area contributed by atoms with Crippen molar-refractivity contribution >= 4 is 52.4 Å². The number of anilines is 3. The van der Waals surface area contributed by atoms with Gasteiger partial charge >= 0.3 is 0 Å². The number of benzene rings is 4. The molecule has 0 radical (unpaired) electrons. The summed E-state index contributed by atoms with van der Waals surface area (Å²) in [7, 11) is 0.